The van der Waals surface area contributed by atoms with Crippen LogP contribution < -0.4 is 10.4 Å². The van der Waals surface area contributed by atoms with E-state index in [0.29, 0.717) is 5.92 Å². The van der Waals surface area contributed by atoms with E-state index in [1.807, 2.05) is 6.07 Å². The maximum atomic E-state index is 4.93. The van der Waals surface area contributed by atoms with Crippen molar-refractivity contribution in [3.63, 3.8) is 0 Å². The molecule has 0 bridgehead atoms. The summed E-state index contributed by atoms with van der Waals surface area (Å²) in [6.07, 6.45) is 2.26. The van der Waals surface area contributed by atoms with E-state index >= 15 is 0 Å². The number of aryl methyl sites for hydroxylation is 2. The summed E-state index contributed by atoms with van der Waals surface area (Å²) in [4.78, 5) is 0. The average Bonchev–Trinajstić information content (AvgIpc) is 3.55. The first-order valence-electron chi connectivity index (χ1n) is 13.1. The van der Waals surface area contributed by atoms with Gasteiger partial charge in [0, 0.05) is 0 Å². The standard InChI is InChI=1S/C22H25.C12H7Si.2ClH.Zr/c1-5-15(3)19-13-18-12-11-17(6-2)22(21(18)14-19)20-10-8-7-9-16(20)4;1-3-7-11-9(5-1)10-6-2-4-8-12(10)13-11;;;/h7-15H,5-6H2,1-4H3;1-7H;2*1H;/q2*-1;;;+4/p-2. The molecule has 0 spiro atoms. The first-order valence-corrected chi connectivity index (χ1v) is 20.5. The van der Waals surface area contributed by atoms with Gasteiger partial charge in [-0.15, -0.1) is 40.1 Å². The maximum Gasteiger partial charge on any atom is 0.0920 e. The summed E-state index contributed by atoms with van der Waals surface area (Å²) in [5.41, 5.74) is 9.86. The van der Waals surface area contributed by atoms with Crippen molar-refractivity contribution < 1.29 is 20.8 Å². The van der Waals surface area contributed by atoms with Crippen LogP contribution in [0.15, 0.2) is 91.0 Å². The molecule has 1 unspecified atom stereocenters. The summed E-state index contributed by atoms with van der Waals surface area (Å²) < 4.78 is 0. The summed E-state index contributed by atoms with van der Waals surface area (Å²) in [6, 6.07) is 36.3. The molecule has 0 saturated heterocycles. The Morgan fingerprint density at radius 2 is 1.58 bits per heavy atom. The zero-order valence-corrected chi connectivity index (χ0v) is 27.4. The molecule has 5 aromatic rings. The van der Waals surface area contributed by atoms with Crippen molar-refractivity contribution in [2.24, 2.45) is 0 Å². The molecule has 2 radical (unpaired) electrons. The van der Waals surface area contributed by atoms with E-state index in [2.05, 4.69) is 119 Å². The second kappa shape index (κ2) is 14.0. The first-order chi connectivity index (χ1) is 18.5. The van der Waals surface area contributed by atoms with Crippen LogP contribution in [-0.4, -0.2) is 9.52 Å². The van der Waals surface area contributed by atoms with Crippen molar-refractivity contribution in [1.82, 2.24) is 0 Å². The smallest absolute Gasteiger partial charge is 0.0920 e. The summed E-state index contributed by atoms with van der Waals surface area (Å²) in [7, 11) is 10.7. The fourth-order valence-electron chi connectivity index (χ4n) is 5.06. The van der Waals surface area contributed by atoms with Gasteiger partial charge in [0.05, 0.1) is 9.52 Å². The van der Waals surface area contributed by atoms with Crippen LogP contribution in [0, 0.1) is 13.0 Å². The van der Waals surface area contributed by atoms with Crippen LogP contribution >= 0.6 is 17.0 Å². The molecule has 1 atom stereocenters. The molecule has 0 saturated carbocycles. The molecule has 38 heavy (non-hydrogen) atoms. The maximum absolute atomic E-state index is 4.93. The van der Waals surface area contributed by atoms with Gasteiger partial charge in [-0.3, -0.25) is 0 Å². The molecular formula is C34H32Cl2SiZr. The van der Waals surface area contributed by atoms with Crippen molar-refractivity contribution in [2.45, 2.75) is 46.5 Å². The molecule has 0 amide bonds. The topological polar surface area (TPSA) is 0 Å². The van der Waals surface area contributed by atoms with E-state index < -0.39 is 20.8 Å². The van der Waals surface area contributed by atoms with Gasteiger partial charge in [0.15, 0.2) is 0 Å². The predicted octanol–water partition coefficient (Wildman–Crippen LogP) is 9.11. The van der Waals surface area contributed by atoms with Gasteiger partial charge in [-0.05, 0) is 30.4 Å². The van der Waals surface area contributed by atoms with Crippen molar-refractivity contribution in [3.05, 3.63) is 114 Å². The zero-order valence-electron chi connectivity index (χ0n) is 22.4. The normalized spacial score (nSPS) is 11.8. The van der Waals surface area contributed by atoms with Crippen molar-refractivity contribution in [2.75, 3.05) is 0 Å². The van der Waals surface area contributed by atoms with E-state index in [4.69, 9.17) is 17.0 Å². The predicted molar refractivity (Wildman–Crippen MR) is 165 cm³/mol. The van der Waals surface area contributed by atoms with Gasteiger partial charge >= 0.3 is 37.9 Å². The Morgan fingerprint density at radius 1 is 0.895 bits per heavy atom. The summed E-state index contributed by atoms with van der Waals surface area (Å²) >= 11 is -0.826. The minimum atomic E-state index is -0.826. The Hall–Kier alpha value is -1.83. The van der Waals surface area contributed by atoms with Crippen LogP contribution in [-0.2, 0) is 27.3 Å². The number of hydrogen-bond acceptors (Lipinski definition) is 0. The minimum Gasteiger partial charge on any atom is -0.184 e. The quantitative estimate of drug-likeness (QED) is 0.135. The minimum absolute atomic E-state index is 0.627. The van der Waals surface area contributed by atoms with Crippen LogP contribution in [0.5, 0.6) is 0 Å². The molecule has 1 aliphatic heterocycles. The molecule has 0 N–H and O–H groups in total. The van der Waals surface area contributed by atoms with E-state index in [1.165, 1.54) is 66.5 Å². The molecule has 6 rings (SSSR count). The third-order valence-corrected chi connectivity index (χ3v) is 8.68. The molecule has 190 valence electrons. The fraction of sp³-hybridized carbons (Fsp3) is 0.206. The zero-order chi connectivity index (χ0) is 27.1. The molecule has 5 aromatic carbocycles. The molecule has 0 aromatic heterocycles. The summed E-state index contributed by atoms with van der Waals surface area (Å²) in [5.74, 6) is 0.627. The molecule has 4 heteroatoms. The van der Waals surface area contributed by atoms with Gasteiger partial charge in [0.2, 0.25) is 0 Å². The summed E-state index contributed by atoms with van der Waals surface area (Å²) in [6.45, 7) is 9.05. The van der Waals surface area contributed by atoms with Crippen LogP contribution in [0.4, 0.5) is 0 Å². The van der Waals surface area contributed by atoms with Crippen molar-refractivity contribution in [1.29, 1.82) is 0 Å². The molecule has 0 nitrogen and oxygen atoms in total. The first kappa shape index (κ1) is 29.2. The van der Waals surface area contributed by atoms with Gasteiger partial charge in [0.1, 0.15) is 0 Å². The average molecular weight is 631 g/mol. The van der Waals surface area contributed by atoms with Crippen LogP contribution in [0.3, 0.4) is 0 Å². The third-order valence-electron chi connectivity index (χ3n) is 7.31. The largest absolute Gasteiger partial charge is 0.184 e. The second-order valence-corrected chi connectivity index (χ2v) is 14.6. The molecule has 1 aliphatic rings. The Kier molecular flexibility index (Phi) is 10.7. The van der Waals surface area contributed by atoms with Crippen LogP contribution in [0.2, 0.25) is 0 Å². The molecular weight excluding hydrogens is 599 g/mol. The Morgan fingerprint density at radius 3 is 2.29 bits per heavy atom. The van der Waals surface area contributed by atoms with Gasteiger partial charge in [-0.2, -0.15) is 35.5 Å². The van der Waals surface area contributed by atoms with Crippen molar-refractivity contribution in [3.8, 4) is 22.3 Å². The SMILES string of the molecule is CCc1ccc2[cH-]c(C(C)CC)cc2c1-c1ccccc1C.[Cl][Zr+2][Cl].[c-]1cccc2c1[Si]c1ccccc1-2. The monoisotopic (exact) mass is 628 g/mol. The van der Waals surface area contributed by atoms with Gasteiger partial charge in [0.25, 0.3) is 0 Å². The Balaban J connectivity index is 0.000000177. The van der Waals surface area contributed by atoms with Gasteiger partial charge < -0.3 is 0 Å². The number of hydrogen-bond donors (Lipinski definition) is 0. The Bertz CT molecular complexity index is 1460. The van der Waals surface area contributed by atoms with Crippen LogP contribution in [0.25, 0.3) is 33.0 Å². The second-order valence-electron chi connectivity index (χ2n) is 9.57. The van der Waals surface area contributed by atoms with Crippen LogP contribution in [0.1, 0.15) is 49.8 Å². The van der Waals surface area contributed by atoms with Crippen molar-refractivity contribution >= 4 is 47.7 Å². The fourth-order valence-corrected chi connectivity index (χ4v) is 6.37. The van der Waals surface area contributed by atoms with Gasteiger partial charge in [-0.25, -0.2) is 0 Å². The number of benzene rings is 4. The Labute approximate surface area is 249 Å². The van der Waals surface area contributed by atoms with E-state index in [-0.39, 0.29) is 0 Å². The molecule has 0 fully saturated rings. The van der Waals surface area contributed by atoms with E-state index in [1.54, 1.807) is 0 Å². The summed E-state index contributed by atoms with van der Waals surface area (Å²) in [5, 5.41) is 5.62. The van der Waals surface area contributed by atoms with E-state index in [0.717, 1.165) is 15.9 Å². The third kappa shape index (κ3) is 6.48. The van der Waals surface area contributed by atoms with Gasteiger partial charge in [-0.1, -0.05) is 97.6 Å². The number of rotatable bonds is 4. The molecule has 1 heterocycles. The van der Waals surface area contributed by atoms with E-state index in [9.17, 15) is 0 Å². The number of halogens is 2. The number of fused-ring (bicyclic) bond motifs is 4. The molecule has 0 aliphatic carbocycles.